The highest BCUT2D eigenvalue weighted by Crippen LogP contribution is 2.55. The number of ether oxygens (including phenoxy) is 3. The van der Waals surface area contributed by atoms with Crippen molar-refractivity contribution in [3.05, 3.63) is 35.4 Å². The van der Waals surface area contributed by atoms with Crippen molar-refractivity contribution in [3.8, 4) is 11.5 Å². The number of nitrogens with one attached hydrogen (secondary N) is 1. The van der Waals surface area contributed by atoms with Gasteiger partial charge < -0.3 is 19.5 Å². The lowest BCUT2D eigenvalue weighted by Gasteiger charge is -2.41. The predicted molar refractivity (Wildman–Crippen MR) is 94.3 cm³/mol. The fourth-order valence-electron chi connectivity index (χ4n) is 4.57. The summed E-state index contributed by atoms with van der Waals surface area (Å²) < 4.78 is 17.1. The van der Waals surface area contributed by atoms with Gasteiger partial charge in [0.1, 0.15) is 6.10 Å². The van der Waals surface area contributed by atoms with E-state index < -0.39 is 6.10 Å². The summed E-state index contributed by atoms with van der Waals surface area (Å²) in [4.78, 5) is 23.0. The number of carbonyl (C=O) groups excluding carboxylic acids is 2. The Balaban J connectivity index is 1.80. The molecule has 0 bridgehead atoms. The van der Waals surface area contributed by atoms with Gasteiger partial charge in [0.2, 0.25) is 0 Å². The van der Waals surface area contributed by atoms with Gasteiger partial charge in [0.15, 0.2) is 17.6 Å². The van der Waals surface area contributed by atoms with Crippen LogP contribution in [0.3, 0.4) is 0 Å². The van der Waals surface area contributed by atoms with Gasteiger partial charge in [-0.15, -0.1) is 0 Å². The molecule has 1 N–H and O–H groups in total. The number of rotatable bonds is 4. The summed E-state index contributed by atoms with van der Waals surface area (Å²) in [5, 5.41) is 3.57. The maximum absolute atomic E-state index is 11.5. The normalized spacial score (nSPS) is 30.3. The zero-order valence-electron chi connectivity index (χ0n) is 15.2. The molecule has 1 aliphatic heterocycles. The van der Waals surface area contributed by atoms with Gasteiger partial charge in [-0.25, -0.2) is 0 Å². The largest absolute Gasteiger partial charge is 0.481 e. The van der Waals surface area contributed by atoms with Gasteiger partial charge in [-0.05, 0) is 30.7 Å². The van der Waals surface area contributed by atoms with Crippen molar-refractivity contribution in [1.82, 2.24) is 5.32 Å². The van der Waals surface area contributed by atoms with Gasteiger partial charge in [-0.3, -0.25) is 9.59 Å². The quantitative estimate of drug-likeness (QED) is 0.505. The van der Waals surface area contributed by atoms with Crippen molar-refractivity contribution in [2.24, 2.45) is 5.92 Å². The minimum absolute atomic E-state index is 0.0719. The first kappa shape index (κ1) is 17.1. The molecule has 0 saturated heterocycles. The van der Waals surface area contributed by atoms with Crippen LogP contribution in [0.15, 0.2) is 24.3 Å². The first-order valence-electron chi connectivity index (χ1n) is 9.09. The Hall–Kier alpha value is -2.34. The number of likely N-dealkylation sites (N-methyl/N-ethyl adjacent to an activating group) is 1. The van der Waals surface area contributed by atoms with E-state index in [1.54, 1.807) is 6.07 Å². The number of carbonyl (C=O) groups is 2. The van der Waals surface area contributed by atoms with Crippen LogP contribution in [0.4, 0.5) is 0 Å². The number of hydrogen-bond acceptors (Lipinski definition) is 6. The number of esters is 2. The molecule has 4 rings (SSSR count). The monoisotopic (exact) mass is 357 g/mol. The molecule has 0 radical (unpaired) electrons. The van der Waals surface area contributed by atoms with Crippen molar-refractivity contribution in [2.45, 2.75) is 51.4 Å². The van der Waals surface area contributed by atoms with Crippen molar-refractivity contribution >= 4 is 11.9 Å². The lowest BCUT2D eigenvalue weighted by molar-refractivity contribution is -0.148. The zero-order valence-corrected chi connectivity index (χ0v) is 15.2. The Morgan fingerprint density at radius 2 is 2.04 bits per heavy atom. The minimum atomic E-state index is -0.445. The lowest BCUT2D eigenvalue weighted by Crippen LogP contribution is -2.50. The Kier molecular flexibility index (Phi) is 4.23. The van der Waals surface area contributed by atoms with Gasteiger partial charge in [0.05, 0.1) is 0 Å². The highest BCUT2D eigenvalue weighted by molar-refractivity contribution is 5.72. The Bertz CT molecular complexity index is 787. The van der Waals surface area contributed by atoms with E-state index in [9.17, 15) is 9.59 Å². The molecule has 1 heterocycles. The smallest absolute Gasteiger partial charge is 0.308 e. The van der Waals surface area contributed by atoms with Crippen molar-refractivity contribution in [3.63, 3.8) is 0 Å². The molecule has 1 aromatic rings. The summed E-state index contributed by atoms with van der Waals surface area (Å²) in [7, 11) is 0. The maximum Gasteiger partial charge on any atom is 0.308 e. The van der Waals surface area contributed by atoms with Crippen LogP contribution in [0.2, 0.25) is 0 Å². The molecule has 5 unspecified atom stereocenters. The third kappa shape index (κ3) is 2.69. The SMILES string of the molecule is CCNC1Cc2ccc(OC(C)=O)c3c2C2C1C=CC(OC(C)=O)C2O3. The van der Waals surface area contributed by atoms with E-state index in [0.29, 0.717) is 17.5 Å². The molecule has 6 heteroatoms. The Morgan fingerprint density at radius 1 is 1.23 bits per heavy atom. The van der Waals surface area contributed by atoms with Gasteiger partial charge in [0, 0.05) is 37.3 Å². The molecule has 0 aromatic heterocycles. The molecule has 1 aromatic carbocycles. The minimum Gasteiger partial charge on any atom is -0.481 e. The predicted octanol–water partition coefficient (Wildman–Crippen LogP) is 2.11. The van der Waals surface area contributed by atoms with E-state index in [-0.39, 0.29) is 29.9 Å². The molecule has 26 heavy (non-hydrogen) atoms. The molecule has 0 fully saturated rings. The van der Waals surface area contributed by atoms with Gasteiger partial charge in [-0.2, -0.15) is 0 Å². The van der Waals surface area contributed by atoms with E-state index in [4.69, 9.17) is 14.2 Å². The van der Waals surface area contributed by atoms with Crippen LogP contribution in [0.1, 0.15) is 37.8 Å². The van der Waals surface area contributed by atoms with E-state index in [1.807, 2.05) is 12.1 Å². The first-order valence-corrected chi connectivity index (χ1v) is 9.09. The second-order valence-corrected chi connectivity index (χ2v) is 7.07. The van der Waals surface area contributed by atoms with E-state index in [2.05, 4.69) is 18.3 Å². The number of hydrogen-bond donors (Lipinski definition) is 1. The van der Waals surface area contributed by atoms with Gasteiger partial charge in [-0.1, -0.05) is 19.1 Å². The molecule has 2 aliphatic carbocycles. The first-order chi connectivity index (χ1) is 12.5. The highest BCUT2D eigenvalue weighted by Gasteiger charge is 2.52. The van der Waals surface area contributed by atoms with Crippen LogP contribution in [0, 0.1) is 5.92 Å². The summed E-state index contributed by atoms with van der Waals surface area (Å²) in [5.41, 5.74) is 2.29. The van der Waals surface area contributed by atoms with Crippen molar-refractivity contribution in [1.29, 1.82) is 0 Å². The van der Waals surface area contributed by atoms with Gasteiger partial charge in [0.25, 0.3) is 0 Å². The second kappa shape index (κ2) is 6.43. The van der Waals surface area contributed by atoms with E-state index >= 15 is 0 Å². The van der Waals surface area contributed by atoms with Crippen molar-refractivity contribution < 1.29 is 23.8 Å². The molecule has 3 aliphatic rings. The fourth-order valence-corrected chi connectivity index (χ4v) is 4.57. The van der Waals surface area contributed by atoms with Crippen molar-refractivity contribution in [2.75, 3.05) is 6.54 Å². The summed E-state index contributed by atoms with van der Waals surface area (Å²) in [5.74, 6) is 0.654. The van der Waals surface area contributed by atoms with Crippen LogP contribution < -0.4 is 14.8 Å². The van der Waals surface area contributed by atoms with Gasteiger partial charge >= 0.3 is 11.9 Å². The van der Waals surface area contributed by atoms with Crippen LogP contribution in [-0.2, 0) is 20.7 Å². The third-order valence-corrected chi connectivity index (χ3v) is 5.38. The standard InChI is InChI=1S/C20H23NO5/c1-4-21-14-9-12-5-7-15(24-10(2)22)19-17(12)18-13(14)6-8-16(20(18)26-19)25-11(3)23/h5-8,13-14,16,18,20-21H,4,9H2,1-3H3. The molecule has 138 valence electrons. The molecule has 0 saturated carbocycles. The van der Waals surface area contributed by atoms with E-state index in [0.717, 1.165) is 18.5 Å². The molecule has 6 nitrogen and oxygen atoms in total. The highest BCUT2D eigenvalue weighted by atomic mass is 16.6. The lowest BCUT2D eigenvalue weighted by atomic mass is 9.67. The number of benzene rings is 1. The molecule has 5 atom stereocenters. The molecular weight excluding hydrogens is 334 g/mol. The average molecular weight is 357 g/mol. The van der Waals surface area contributed by atoms with Crippen LogP contribution in [0.25, 0.3) is 0 Å². The Labute approximate surface area is 152 Å². The summed E-state index contributed by atoms with van der Waals surface area (Å²) in [6.07, 6.45) is 4.21. The summed E-state index contributed by atoms with van der Waals surface area (Å²) in [6.45, 7) is 5.76. The maximum atomic E-state index is 11.5. The second-order valence-electron chi connectivity index (χ2n) is 7.07. The van der Waals surface area contributed by atoms with Crippen LogP contribution in [-0.4, -0.2) is 36.7 Å². The molecule has 0 amide bonds. The topological polar surface area (TPSA) is 73.9 Å². The third-order valence-electron chi connectivity index (χ3n) is 5.38. The van der Waals surface area contributed by atoms with E-state index in [1.165, 1.54) is 19.4 Å². The molecular formula is C20H23NO5. The van der Waals surface area contributed by atoms with Crippen LogP contribution in [0.5, 0.6) is 11.5 Å². The fraction of sp³-hybridized carbons (Fsp3) is 0.500. The summed E-state index contributed by atoms with van der Waals surface area (Å²) >= 11 is 0. The van der Waals surface area contributed by atoms with Crippen LogP contribution >= 0.6 is 0 Å². The summed E-state index contributed by atoms with van der Waals surface area (Å²) in [6, 6.07) is 4.11. The average Bonchev–Trinajstić information content (AvgIpc) is 2.98. The zero-order chi connectivity index (χ0) is 18.4. The Morgan fingerprint density at radius 3 is 2.73 bits per heavy atom. The molecule has 0 spiro atoms.